The van der Waals surface area contributed by atoms with Gasteiger partial charge in [-0.05, 0) is 62.1 Å². The number of rotatable bonds is 7. The van der Waals surface area contributed by atoms with E-state index in [1.54, 1.807) is 6.07 Å². The Hall–Kier alpha value is -2.68. The molecule has 0 fully saturated rings. The van der Waals surface area contributed by atoms with E-state index in [1.807, 2.05) is 32.0 Å². The van der Waals surface area contributed by atoms with Crippen molar-refractivity contribution < 1.29 is 18.0 Å². The third kappa shape index (κ3) is 4.73. The molecule has 9 heteroatoms. The first-order valence-corrected chi connectivity index (χ1v) is 8.75. The molecule has 1 aromatic carbocycles. The van der Waals surface area contributed by atoms with Gasteiger partial charge in [0.05, 0.1) is 12.3 Å². The molecule has 6 nitrogen and oxygen atoms in total. The molecular weight excluding hydrogens is 374 g/mol. The molecule has 3 rings (SSSR count). The molecule has 0 saturated carbocycles. The van der Waals surface area contributed by atoms with Gasteiger partial charge in [0.1, 0.15) is 10.4 Å². The normalized spacial score (nSPS) is 11.1. The molecule has 0 bridgehead atoms. The van der Waals surface area contributed by atoms with E-state index in [2.05, 4.69) is 24.9 Å². The molecule has 0 atom stereocenters. The standard InChI is InChI=1S/C18H18F2N4O2S/c1-10-8-13(25-7-3-4-12-5-6-14(27)23-22-12)9-11(2)15(10)17-21-18(16(19)20)26-24-17/h5-6,8-9,16H,3-4,7H2,1-2H3,(H,23,27). The number of ether oxygens (including phenoxy) is 1. The summed E-state index contributed by atoms with van der Waals surface area (Å²) in [6, 6.07) is 7.36. The summed E-state index contributed by atoms with van der Waals surface area (Å²) < 4.78 is 36.3. The summed E-state index contributed by atoms with van der Waals surface area (Å²) in [4.78, 5) is 3.76. The van der Waals surface area contributed by atoms with E-state index in [4.69, 9.17) is 17.0 Å². The third-order valence-corrected chi connectivity index (χ3v) is 4.17. The Morgan fingerprint density at radius 3 is 2.56 bits per heavy atom. The largest absolute Gasteiger partial charge is 0.494 e. The van der Waals surface area contributed by atoms with E-state index in [9.17, 15) is 8.78 Å². The lowest BCUT2D eigenvalue weighted by Gasteiger charge is -2.11. The molecule has 0 radical (unpaired) electrons. The second-order valence-corrected chi connectivity index (χ2v) is 6.49. The van der Waals surface area contributed by atoms with Crippen molar-refractivity contribution in [1.82, 2.24) is 20.3 Å². The van der Waals surface area contributed by atoms with Crippen molar-refractivity contribution in [3.63, 3.8) is 0 Å². The van der Waals surface area contributed by atoms with Gasteiger partial charge < -0.3 is 9.26 Å². The molecule has 0 unspecified atom stereocenters. The summed E-state index contributed by atoms with van der Waals surface area (Å²) in [6.45, 7) is 4.22. The van der Waals surface area contributed by atoms with Gasteiger partial charge in [0.15, 0.2) is 0 Å². The Morgan fingerprint density at radius 1 is 1.22 bits per heavy atom. The number of aromatic amines is 1. The molecule has 0 saturated heterocycles. The number of aryl methyl sites for hydroxylation is 3. The molecule has 2 heterocycles. The molecule has 0 aliphatic carbocycles. The molecule has 0 aliphatic rings. The highest BCUT2D eigenvalue weighted by Crippen LogP contribution is 2.30. The van der Waals surface area contributed by atoms with Gasteiger partial charge in [0, 0.05) is 5.56 Å². The van der Waals surface area contributed by atoms with E-state index in [0.29, 0.717) is 22.6 Å². The second-order valence-electron chi connectivity index (χ2n) is 6.05. The number of halogens is 2. The maximum Gasteiger partial charge on any atom is 0.315 e. The lowest BCUT2D eigenvalue weighted by atomic mass is 10.0. The van der Waals surface area contributed by atoms with Gasteiger partial charge in [-0.1, -0.05) is 17.4 Å². The molecular formula is C18H18F2N4O2S. The van der Waals surface area contributed by atoms with E-state index >= 15 is 0 Å². The Balaban J connectivity index is 1.63. The molecule has 0 aliphatic heterocycles. The molecule has 142 valence electrons. The van der Waals surface area contributed by atoms with Crippen LogP contribution < -0.4 is 4.74 Å². The average molecular weight is 392 g/mol. The molecule has 27 heavy (non-hydrogen) atoms. The first-order chi connectivity index (χ1) is 12.9. The summed E-state index contributed by atoms with van der Waals surface area (Å²) in [5.41, 5.74) is 3.23. The zero-order valence-corrected chi connectivity index (χ0v) is 15.6. The van der Waals surface area contributed by atoms with Crippen molar-refractivity contribution in [1.29, 1.82) is 0 Å². The molecule has 2 aromatic heterocycles. The number of H-pyrrole nitrogens is 1. The number of benzene rings is 1. The highest BCUT2D eigenvalue weighted by Gasteiger charge is 2.19. The summed E-state index contributed by atoms with van der Waals surface area (Å²) in [5.74, 6) is 0.171. The van der Waals surface area contributed by atoms with Crippen LogP contribution >= 0.6 is 12.2 Å². The number of hydrogen-bond donors (Lipinski definition) is 1. The predicted molar refractivity (Wildman–Crippen MR) is 97.4 cm³/mol. The van der Waals surface area contributed by atoms with E-state index in [-0.39, 0.29) is 5.82 Å². The van der Waals surface area contributed by atoms with Crippen LogP contribution in [0.2, 0.25) is 0 Å². The predicted octanol–water partition coefficient (Wildman–Crippen LogP) is 4.76. The number of alkyl halides is 2. The molecule has 0 amide bonds. The number of hydrogen-bond acceptors (Lipinski definition) is 6. The maximum atomic E-state index is 12.6. The Morgan fingerprint density at radius 2 is 1.96 bits per heavy atom. The van der Waals surface area contributed by atoms with Gasteiger partial charge >= 0.3 is 6.43 Å². The number of nitrogens with one attached hydrogen (secondary N) is 1. The zero-order chi connectivity index (χ0) is 19.4. The minimum Gasteiger partial charge on any atom is -0.494 e. The Bertz CT molecular complexity index is 944. The maximum absolute atomic E-state index is 12.6. The monoisotopic (exact) mass is 392 g/mol. The van der Waals surface area contributed by atoms with Crippen LogP contribution in [0.25, 0.3) is 11.4 Å². The number of nitrogens with zero attached hydrogens (tertiary/aromatic N) is 3. The van der Waals surface area contributed by atoms with Crippen LogP contribution in [0.15, 0.2) is 28.8 Å². The topological polar surface area (TPSA) is 76.8 Å². The van der Waals surface area contributed by atoms with Crippen LogP contribution in [-0.2, 0) is 6.42 Å². The first-order valence-electron chi connectivity index (χ1n) is 8.35. The summed E-state index contributed by atoms with van der Waals surface area (Å²) in [7, 11) is 0. The molecule has 3 aromatic rings. The smallest absolute Gasteiger partial charge is 0.315 e. The van der Waals surface area contributed by atoms with E-state index in [1.165, 1.54) is 0 Å². The van der Waals surface area contributed by atoms with Gasteiger partial charge in [0.2, 0.25) is 5.82 Å². The van der Waals surface area contributed by atoms with Gasteiger partial charge in [-0.3, -0.25) is 5.10 Å². The van der Waals surface area contributed by atoms with E-state index in [0.717, 1.165) is 29.7 Å². The molecule has 0 spiro atoms. The fourth-order valence-corrected chi connectivity index (χ4v) is 2.85. The molecule has 1 N–H and O–H groups in total. The van der Waals surface area contributed by atoms with Crippen molar-refractivity contribution in [2.45, 2.75) is 33.1 Å². The SMILES string of the molecule is Cc1cc(OCCCc2ccc(=S)[nH]n2)cc(C)c1-c1noc(C(F)F)n1. The Kier molecular flexibility index (Phi) is 5.90. The van der Waals surface area contributed by atoms with Crippen LogP contribution in [0.3, 0.4) is 0 Å². The lowest BCUT2D eigenvalue weighted by molar-refractivity contribution is 0.106. The van der Waals surface area contributed by atoms with Crippen molar-refractivity contribution in [2.75, 3.05) is 6.61 Å². The Labute approximate surface area is 159 Å². The highest BCUT2D eigenvalue weighted by molar-refractivity contribution is 7.71. The van der Waals surface area contributed by atoms with Gasteiger partial charge in [-0.15, -0.1) is 0 Å². The van der Waals surface area contributed by atoms with Crippen molar-refractivity contribution in [3.05, 3.63) is 51.6 Å². The zero-order valence-electron chi connectivity index (χ0n) is 14.8. The van der Waals surface area contributed by atoms with Crippen LogP contribution in [0.5, 0.6) is 5.75 Å². The fourth-order valence-electron chi connectivity index (χ4n) is 2.74. The first kappa shape index (κ1) is 19.1. The van der Waals surface area contributed by atoms with Crippen molar-refractivity contribution >= 4 is 12.2 Å². The highest BCUT2D eigenvalue weighted by atomic mass is 32.1. The van der Waals surface area contributed by atoms with Crippen LogP contribution in [0.4, 0.5) is 8.78 Å². The number of aromatic nitrogens is 4. The van der Waals surface area contributed by atoms with E-state index < -0.39 is 12.3 Å². The lowest BCUT2D eigenvalue weighted by Crippen LogP contribution is -2.02. The summed E-state index contributed by atoms with van der Waals surface area (Å²) in [5, 5.41) is 10.6. The van der Waals surface area contributed by atoms with Gasteiger partial charge in [0.25, 0.3) is 5.89 Å². The summed E-state index contributed by atoms with van der Waals surface area (Å²) in [6.07, 6.45) is -1.23. The van der Waals surface area contributed by atoms with Crippen molar-refractivity contribution in [2.24, 2.45) is 0 Å². The van der Waals surface area contributed by atoms with Crippen LogP contribution in [-0.4, -0.2) is 26.9 Å². The van der Waals surface area contributed by atoms with Gasteiger partial charge in [-0.2, -0.15) is 18.9 Å². The van der Waals surface area contributed by atoms with Crippen LogP contribution in [0, 0.1) is 18.5 Å². The van der Waals surface area contributed by atoms with Crippen LogP contribution in [0.1, 0.15) is 35.6 Å². The second kappa shape index (κ2) is 8.34. The summed E-state index contributed by atoms with van der Waals surface area (Å²) >= 11 is 4.96. The third-order valence-electron chi connectivity index (χ3n) is 3.94. The fraction of sp³-hybridized carbons (Fsp3) is 0.333. The quantitative estimate of drug-likeness (QED) is 0.462. The minimum atomic E-state index is -2.79. The minimum absolute atomic E-state index is 0.152. The average Bonchev–Trinajstić information content (AvgIpc) is 3.10. The van der Waals surface area contributed by atoms with Crippen molar-refractivity contribution in [3.8, 4) is 17.1 Å². The van der Waals surface area contributed by atoms with Gasteiger partial charge in [-0.25, -0.2) is 0 Å².